The molecule has 15 heavy (non-hydrogen) atoms. The van der Waals surface area contributed by atoms with Crippen LogP contribution < -0.4 is 0 Å². The van der Waals surface area contributed by atoms with Gasteiger partial charge in [-0.3, -0.25) is 0 Å². The summed E-state index contributed by atoms with van der Waals surface area (Å²) < 4.78 is 0. The Hall–Kier alpha value is -0.980. The van der Waals surface area contributed by atoms with Crippen molar-refractivity contribution in [2.75, 3.05) is 0 Å². The standard InChI is InChI=1S/C7H7Cl.C6H5Cl/c1-6-2-4-7(8)5-3-6;7-6-4-2-1-3-5-6/h2-5H,1H3;1-5H. The predicted molar refractivity (Wildman–Crippen MR) is 67.6 cm³/mol. The van der Waals surface area contributed by atoms with Crippen LogP contribution in [0.3, 0.4) is 0 Å². The Labute approximate surface area is 100 Å². The van der Waals surface area contributed by atoms with Crippen LogP contribution in [0.15, 0.2) is 54.6 Å². The summed E-state index contributed by atoms with van der Waals surface area (Å²) in [4.78, 5) is 0. The van der Waals surface area contributed by atoms with E-state index in [0.29, 0.717) is 0 Å². The van der Waals surface area contributed by atoms with Crippen molar-refractivity contribution in [1.29, 1.82) is 0 Å². The van der Waals surface area contributed by atoms with E-state index in [2.05, 4.69) is 0 Å². The Balaban J connectivity index is 0.000000151. The Morgan fingerprint density at radius 2 is 1.13 bits per heavy atom. The monoisotopic (exact) mass is 238 g/mol. The minimum Gasteiger partial charge on any atom is -0.0843 e. The summed E-state index contributed by atoms with van der Waals surface area (Å²) in [7, 11) is 0. The van der Waals surface area contributed by atoms with Gasteiger partial charge in [-0.2, -0.15) is 0 Å². The largest absolute Gasteiger partial charge is 0.0843 e. The van der Waals surface area contributed by atoms with Crippen LogP contribution in [0, 0.1) is 6.92 Å². The molecule has 0 atom stereocenters. The third kappa shape index (κ3) is 5.46. The number of hydrogen-bond donors (Lipinski definition) is 0. The summed E-state index contributed by atoms with van der Waals surface area (Å²) in [5.41, 5.74) is 1.24. The third-order valence-corrected chi connectivity index (χ3v) is 2.25. The highest BCUT2D eigenvalue weighted by Gasteiger charge is 1.81. The summed E-state index contributed by atoms with van der Waals surface area (Å²) in [5.74, 6) is 0. The Kier molecular flexibility index (Phi) is 5.23. The zero-order valence-corrected chi connectivity index (χ0v) is 9.96. The lowest BCUT2D eigenvalue weighted by Crippen LogP contribution is -1.66. The second-order valence-electron chi connectivity index (χ2n) is 3.09. The zero-order valence-electron chi connectivity index (χ0n) is 8.45. The van der Waals surface area contributed by atoms with Crippen LogP contribution in [0.1, 0.15) is 5.56 Å². The molecule has 78 valence electrons. The molecule has 0 amide bonds. The van der Waals surface area contributed by atoms with E-state index in [1.807, 2.05) is 61.5 Å². The minimum atomic E-state index is 0.794. The molecule has 2 rings (SSSR count). The molecule has 0 nitrogen and oxygen atoms in total. The van der Waals surface area contributed by atoms with Gasteiger partial charge in [0.2, 0.25) is 0 Å². The molecule has 0 aliphatic rings. The summed E-state index contributed by atoms with van der Waals surface area (Å²) >= 11 is 11.2. The smallest absolute Gasteiger partial charge is 0.0406 e. The van der Waals surface area contributed by atoms with Gasteiger partial charge in [0.25, 0.3) is 0 Å². The lowest BCUT2D eigenvalue weighted by atomic mass is 10.2. The molecule has 0 N–H and O–H groups in total. The molecule has 0 unspecified atom stereocenters. The van der Waals surface area contributed by atoms with E-state index in [-0.39, 0.29) is 0 Å². The molecule has 0 aliphatic heterocycles. The summed E-state index contributed by atoms with van der Waals surface area (Å²) in [6.45, 7) is 2.04. The molecule has 0 radical (unpaired) electrons. The molecule has 0 fully saturated rings. The highest BCUT2D eigenvalue weighted by Crippen LogP contribution is 2.07. The average Bonchev–Trinajstić information content (AvgIpc) is 2.25. The van der Waals surface area contributed by atoms with Gasteiger partial charge < -0.3 is 0 Å². The number of aryl methyl sites for hydroxylation is 1. The van der Waals surface area contributed by atoms with Crippen LogP contribution in [0.4, 0.5) is 0 Å². The van der Waals surface area contributed by atoms with Gasteiger partial charge in [0, 0.05) is 10.0 Å². The summed E-state index contributed by atoms with van der Waals surface area (Å²) in [6, 6.07) is 17.2. The van der Waals surface area contributed by atoms with Crippen LogP contribution in [-0.2, 0) is 0 Å². The number of hydrogen-bond acceptors (Lipinski definition) is 0. The van der Waals surface area contributed by atoms with Crippen molar-refractivity contribution in [2.45, 2.75) is 6.92 Å². The van der Waals surface area contributed by atoms with Crippen LogP contribution in [0.2, 0.25) is 10.0 Å². The molecule has 0 aliphatic carbocycles. The first-order valence-corrected chi connectivity index (χ1v) is 5.37. The first-order valence-electron chi connectivity index (χ1n) is 4.61. The fraction of sp³-hybridized carbons (Fsp3) is 0.0769. The second kappa shape index (κ2) is 6.49. The Bertz CT molecular complexity index is 358. The van der Waals surface area contributed by atoms with E-state index >= 15 is 0 Å². The normalized spacial score (nSPS) is 9.00. The van der Waals surface area contributed by atoms with Crippen LogP contribution in [0.5, 0.6) is 0 Å². The highest BCUT2D eigenvalue weighted by atomic mass is 35.5. The van der Waals surface area contributed by atoms with E-state index < -0.39 is 0 Å². The van der Waals surface area contributed by atoms with Crippen molar-refractivity contribution < 1.29 is 0 Å². The number of halogens is 2. The molecule has 0 saturated carbocycles. The minimum absolute atomic E-state index is 0.794. The predicted octanol–water partition coefficient (Wildman–Crippen LogP) is 4.99. The van der Waals surface area contributed by atoms with Gasteiger partial charge in [-0.25, -0.2) is 0 Å². The van der Waals surface area contributed by atoms with E-state index in [9.17, 15) is 0 Å². The molecule has 0 saturated heterocycles. The molecular weight excluding hydrogens is 227 g/mol. The lowest BCUT2D eigenvalue weighted by Gasteiger charge is -1.88. The molecule has 2 aromatic carbocycles. The third-order valence-electron chi connectivity index (χ3n) is 1.74. The van der Waals surface area contributed by atoms with Crippen molar-refractivity contribution in [3.05, 3.63) is 70.2 Å². The highest BCUT2D eigenvalue weighted by molar-refractivity contribution is 6.30. The van der Waals surface area contributed by atoms with Crippen molar-refractivity contribution in [3.8, 4) is 0 Å². The quantitative estimate of drug-likeness (QED) is 0.607. The van der Waals surface area contributed by atoms with Gasteiger partial charge in [-0.15, -0.1) is 0 Å². The lowest BCUT2D eigenvalue weighted by molar-refractivity contribution is 1.48. The maximum absolute atomic E-state index is 5.61. The first-order chi connectivity index (χ1) is 7.18. The van der Waals surface area contributed by atoms with Crippen molar-refractivity contribution in [3.63, 3.8) is 0 Å². The van der Waals surface area contributed by atoms with Gasteiger partial charge in [-0.05, 0) is 31.2 Å². The Morgan fingerprint density at radius 1 is 0.667 bits per heavy atom. The first kappa shape index (κ1) is 12.1. The fourth-order valence-electron chi connectivity index (χ4n) is 0.948. The van der Waals surface area contributed by atoms with E-state index in [4.69, 9.17) is 23.2 Å². The molecule has 0 bridgehead atoms. The van der Waals surface area contributed by atoms with E-state index in [1.165, 1.54) is 5.56 Å². The molecule has 0 heterocycles. The fourth-order valence-corrected chi connectivity index (χ4v) is 1.22. The van der Waals surface area contributed by atoms with Crippen LogP contribution in [0.25, 0.3) is 0 Å². The number of benzene rings is 2. The van der Waals surface area contributed by atoms with E-state index in [0.717, 1.165) is 10.0 Å². The number of rotatable bonds is 0. The van der Waals surface area contributed by atoms with Gasteiger partial charge >= 0.3 is 0 Å². The van der Waals surface area contributed by atoms with Gasteiger partial charge in [0.1, 0.15) is 0 Å². The van der Waals surface area contributed by atoms with Crippen LogP contribution >= 0.6 is 23.2 Å². The SMILES string of the molecule is Cc1ccc(Cl)cc1.Clc1ccccc1. The maximum atomic E-state index is 5.61. The zero-order chi connectivity index (χ0) is 11.1. The maximum Gasteiger partial charge on any atom is 0.0406 e. The van der Waals surface area contributed by atoms with Crippen LogP contribution in [-0.4, -0.2) is 0 Å². The van der Waals surface area contributed by atoms with Gasteiger partial charge in [-0.1, -0.05) is 59.1 Å². The molecular formula is C13H12Cl2. The van der Waals surface area contributed by atoms with Crippen molar-refractivity contribution in [1.82, 2.24) is 0 Å². The molecule has 0 aromatic heterocycles. The summed E-state index contributed by atoms with van der Waals surface area (Å²) in [5, 5.41) is 1.60. The van der Waals surface area contributed by atoms with E-state index in [1.54, 1.807) is 0 Å². The average molecular weight is 239 g/mol. The molecule has 2 heteroatoms. The van der Waals surface area contributed by atoms with Gasteiger partial charge in [0.15, 0.2) is 0 Å². The summed E-state index contributed by atoms with van der Waals surface area (Å²) in [6.07, 6.45) is 0. The molecule has 0 spiro atoms. The molecule has 2 aromatic rings. The topological polar surface area (TPSA) is 0 Å². The second-order valence-corrected chi connectivity index (χ2v) is 3.96. The van der Waals surface area contributed by atoms with Crippen molar-refractivity contribution in [2.24, 2.45) is 0 Å². The van der Waals surface area contributed by atoms with Crippen molar-refractivity contribution >= 4 is 23.2 Å². The van der Waals surface area contributed by atoms with Gasteiger partial charge in [0.05, 0.1) is 0 Å². The Morgan fingerprint density at radius 3 is 1.47 bits per heavy atom.